The van der Waals surface area contributed by atoms with E-state index in [1.165, 1.54) is 17.0 Å². The highest BCUT2D eigenvalue weighted by molar-refractivity contribution is 5.99. The highest BCUT2D eigenvalue weighted by Crippen LogP contribution is 2.27. The van der Waals surface area contributed by atoms with E-state index in [2.05, 4.69) is 10.6 Å². The molecule has 2 aromatic rings. The van der Waals surface area contributed by atoms with Gasteiger partial charge in [-0.15, -0.1) is 0 Å². The third-order valence-corrected chi connectivity index (χ3v) is 4.94. The molecule has 0 aliphatic rings. The molecule has 0 saturated carbocycles. The van der Waals surface area contributed by atoms with Crippen LogP contribution in [0.25, 0.3) is 0 Å². The number of para-hydroxylation sites is 1. The van der Waals surface area contributed by atoms with E-state index in [0.717, 1.165) is 11.1 Å². The fraction of sp³-hybridized carbons (Fsp3) is 0.400. The Kier molecular flexibility index (Phi) is 8.45. The minimum Gasteiger partial charge on any atom is -0.508 e. The number of nitrogens with one attached hydrogen (secondary N) is 2. The summed E-state index contributed by atoms with van der Waals surface area (Å²) >= 11 is 0. The standard InChI is InChI=1S/C25H33N3O5/c1-7-28(20(30)15-26-24(32)33-25(4,5)6)22(18-11-13-19(29)14-12-18)23(31)27-21-16(2)9-8-10-17(21)3/h8-14,22,29H,7,15H2,1-6H3,(H,26,32)(H,27,31). The van der Waals surface area contributed by atoms with Crippen molar-refractivity contribution in [3.05, 3.63) is 59.2 Å². The molecule has 1 atom stereocenters. The number of aromatic hydroxyl groups is 1. The average Bonchev–Trinajstić information content (AvgIpc) is 2.72. The Labute approximate surface area is 194 Å². The van der Waals surface area contributed by atoms with E-state index >= 15 is 0 Å². The summed E-state index contributed by atoms with van der Waals surface area (Å²) in [5.74, 6) is -0.794. The molecule has 1 unspecified atom stereocenters. The molecule has 8 heteroatoms. The van der Waals surface area contributed by atoms with Crippen LogP contribution in [-0.2, 0) is 14.3 Å². The smallest absolute Gasteiger partial charge is 0.408 e. The minimum atomic E-state index is -0.970. The van der Waals surface area contributed by atoms with Crippen molar-refractivity contribution in [1.82, 2.24) is 10.2 Å². The second-order valence-electron chi connectivity index (χ2n) is 8.79. The summed E-state index contributed by atoms with van der Waals surface area (Å²) in [5.41, 5.74) is 2.31. The Bertz CT molecular complexity index is 976. The summed E-state index contributed by atoms with van der Waals surface area (Å²) in [6, 6.07) is 10.8. The topological polar surface area (TPSA) is 108 Å². The van der Waals surface area contributed by atoms with E-state index in [-0.39, 0.29) is 18.8 Å². The average molecular weight is 456 g/mol. The first-order valence-corrected chi connectivity index (χ1v) is 10.8. The molecule has 2 aromatic carbocycles. The van der Waals surface area contributed by atoms with Crippen molar-refractivity contribution in [3.8, 4) is 5.75 Å². The van der Waals surface area contributed by atoms with Crippen LogP contribution in [0, 0.1) is 13.8 Å². The van der Waals surface area contributed by atoms with Gasteiger partial charge in [0.05, 0.1) is 0 Å². The van der Waals surface area contributed by atoms with Gasteiger partial charge in [-0.3, -0.25) is 9.59 Å². The number of carbonyl (C=O) groups excluding carboxylic acids is 3. The lowest BCUT2D eigenvalue weighted by atomic mass is 10.0. The molecule has 0 heterocycles. The number of nitrogens with zero attached hydrogens (tertiary/aromatic N) is 1. The van der Waals surface area contributed by atoms with Gasteiger partial charge in [-0.2, -0.15) is 0 Å². The van der Waals surface area contributed by atoms with Gasteiger partial charge in [-0.1, -0.05) is 30.3 Å². The predicted octanol–water partition coefficient (Wildman–Crippen LogP) is 4.06. The van der Waals surface area contributed by atoms with Crippen LogP contribution in [0.5, 0.6) is 5.75 Å². The van der Waals surface area contributed by atoms with Gasteiger partial charge in [0.2, 0.25) is 5.91 Å². The number of alkyl carbamates (subject to hydrolysis) is 1. The number of ether oxygens (including phenoxy) is 1. The van der Waals surface area contributed by atoms with Crippen LogP contribution in [0.4, 0.5) is 10.5 Å². The van der Waals surface area contributed by atoms with Crippen molar-refractivity contribution in [2.45, 2.75) is 53.2 Å². The quantitative estimate of drug-likeness (QED) is 0.583. The van der Waals surface area contributed by atoms with Gasteiger partial charge in [0.15, 0.2) is 0 Å². The molecule has 3 amide bonds. The molecule has 0 spiro atoms. The van der Waals surface area contributed by atoms with E-state index in [0.29, 0.717) is 11.3 Å². The van der Waals surface area contributed by atoms with Gasteiger partial charge in [0.1, 0.15) is 23.9 Å². The number of carbonyl (C=O) groups is 3. The van der Waals surface area contributed by atoms with E-state index in [9.17, 15) is 19.5 Å². The van der Waals surface area contributed by atoms with Crippen LogP contribution in [0.15, 0.2) is 42.5 Å². The molecule has 0 saturated heterocycles. The number of rotatable bonds is 7. The third-order valence-electron chi connectivity index (χ3n) is 4.94. The fourth-order valence-corrected chi connectivity index (χ4v) is 3.40. The van der Waals surface area contributed by atoms with E-state index in [1.54, 1.807) is 39.8 Å². The van der Waals surface area contributed by atoms with Crippen LogP contribution < -0.4 is 10.6 Å². The number of benzene rings is 2. The zero-order valence-electron chi connectivity index (χ0n) is 20.1. The Morgan fingerprint density at radius 3 is 2.12 bits per heavy atom. The lowest BCUT2D eigenvalue weighted by Gasteiger charge is -2.31. The molecular weight excluding hydrogens is 422 g/mol. The maximum absolute atomic E-state index is 13.5. The summed E-state index contributed by atoms with van der Waals surface area (Å²) in [6.45, 7) is 10.6. The van der Waals surface area contributed by atoms with E-state index < -0.39 is 29.6 Å². The number of phenolic OH excluding ortho intramolecular Hbond substituents is 1. The lowest BCUT2D eigenvalue weighted by Crippen LogP contribution is -2.46. The van der Waals surface area contributed by atoms with Crippen LogP contribution in [0.2, 0.25) is 0 Å². The van der Waals surface area contributed by atoms with Crippen LogP contribution >= 0.6 is 0 Å². The van der Waals surface area contributed by atoms with Gasteiger partial charge < -0.3 is 25.4 Å². The Morgan fingerprint density at radius 1 is 1.03 bits per heavy atom. The van der Waals surface area contributed by atoms with Gasteiger partial charge in [-0.05, 0) is 70.4 Å². The number of hydrogen-bond acceptors (Lipinski definition) is 5. The molecule has 3 N–H and O–H groups in total. The maximum Gasteiger partial charge on any atom is 0.408 e. The molecule has 0 bridgehead atoms. The Morgan fingerprint density at radius 2 is 1.61 bits per heavy atom. The SMILES string of the molecule is CCN(C(=O)CNC(=O)OC(C)(C)C)C(C(=O)Nc1c(C)cccc1C)c1ccc(O)cc1. The normalized spacial score (nSPS) is 11.9. The molecule has 0 aliphatic carbocycles. The number of hydrogen-bond donors (Lipinski definition) is 3. The predicted molar refractivity (Wildman–Crippen MR) is 127 cm³/mol. The number of likely N-dealkylation sites (N-methyl/N-ethyl adjacent to an activating group) is 1. The summed E-state index contributed by atoms with van der Waals surface area (Å²) < 4.78 is 5.18. The number of phenols is 1. The molecule has 0 fully saturated rings. The number of aryl methyl sites for hydroxylation is 2. The van der Waals surface area contributed by atoms with Crippen molar-refractivity contribution in [3.63, 3.8) is 0 Å². The molecule has 0 radical (unpaired) electrons. The van der Waals surface area contributed by atoms with Gasteiger partial charge in [0, 0.05) is 12.2 Å². The van der Waals surface area contributed by atoms with E-state index in [4.69, 9.17) is 4.74 Å². The molecule has 8 nitrogen and oxygen atoms in total. The first kappa shape index (κ1) is 25.7. The van der Waals surface area contributed by atoms with E-state index in [1.807, 2.05) is 32.0 Å². The number of anilines is 1. The summed E-state index contributed by atoms with van der Waals surface area (Å²) in [4.78, 5) is 39.9. The van der Waals surface area contributed by atoms with Crippen LogP contribution in [-0.4, -0.2) is 46.6 Å². The molecular formula is C25H33N3O5. The second kappa shape index (κ2) is 10.8. The fourth-order valence-electron chi connectivity index (χ4n) is 3.40. The molecule has 0 aromatic heterocycles. The van der Waals surface area contributed by atoms with Crippen molar-refractivity contribution in [2.24, 2.45) is 0 Å². The molecule has 2 rings (SSSR count). The zero-order valence-corrected chi connectivity index (χ0v) is 20.1. The van der Waals surface area contributed by atoms with Crippen LogP contribution in [0.1, 0.15) is 50.4 Å². The van der Waals surface area contributed by atoms with Crippen molar-refractivity contribution in [1.29, 1.82) is 0 Å². The third kappa shape index (κ3) is 7.24. The minimum absolute atomic E-state index is 0.0497. The summed E-state index contributed by atoms with van der Waals surface area (Å²) in [7, 11) is 0. The van der Waals surface area contributed by atoms with Crippen LogP contribution in [0.3, 0.4) is 0 Å². The molecule has 178 valence electrons. The highest BCUT2D eigenvalue weighted by Gasteiger charge is 2.31. The monoisotopic (exact) mass is 455 g/mol. The van der Waals surface area contributed by atoms with Crippen molar-refractivity contribution >= 4 is 23.6 Å². The Balaban J connectivity index is 2.31. The molecule has 0 aliphatic heterocycles. The number of amides is 3. The highest BCUT2D eigenvalue weighted by atomic mass is 16.6. The first-order valence-electron chi connectivity index (χ1n) is 10.8. The summed E-state index contributed by atoms with van der Waals surface area (Å²) in [6.07, 6.45) is -0.715. The van der Waals surface area contributed by atoms with Gasteiger partial charge >= 0.3 is 6.09 Å². The lowest BCUT2D eigenvalue weighted by molar-refractivity contribution is -0.138. The first-order chi connectivity index (χ1) is 15.4. The van der Waals surface area contributed by atoms with Gasteiger partial charge in [0.25, 0.3) is 5.91 Å². The van der Waals surface area contributed by atoms with Crippen molar-refractivity contribution < 1.29 is 24.2 Å². The second-order valence-corrected chi connectivity index (χ2v) is 8.79. The van der Waals surface area contributed by atoms with Gasteiger partial charge in [-0.25, -0.2) is 4.79 Å². The molecule has 33 heavy (non-hydrogen) atoms. The zero-order chi connectivity index (χ0) is 24.8. The van der Waals surface area contributed by atoms with Crippen molar-refractivity contribution in [2.75, 3.05) is 18.4 Å². The largest absolute Gasteiger partial charge is 0.508 e. The Hall–Kier alpha value is -3.55. The maximum atomic E-state index is 13.5. The summed E-state index contributed by atoms with van der Waals surface area (Å²) in [5, 5.41) is 15.1.